The molecule has 0 radical (unpaired) electrons. The van der Waals surface area contributed by atoms with Gasteiger partial charge in [-0.2, -0.15) is 18.3 Å². The van der Waals surface area contributed by atoms with Crippen molar-refractivity contribution in [2.45, 2.75) is 37.7 Å². The van der Waals surface area contributed by atoms with E-state index >= 15 is 0 Å². The molecule has 2 unspecified atom stereocenters. The highest BCUT2D eigenvalue weighted by Gasteiger charge is 2.56. The zero-order valence-electron chi connectivity index (χ0n) is 24.1. The number of alkyl halides is 3. The van der Waals surface area contributed by atoms with Gasteiger partial charge in [-0.3, -0.25) is 24.6 Å². The summed E-state index contributed by atoms with van der Waals surface area (Å²) in [5, 5.41) is 28.4. The maximum atomic E-state index is 13.7. The molecule has 1 aliphatic rings. The van der Waals surface area contributed by atoms with E-state index in [2.05, 4.69) is 15.8 Å². The van der Waals surface area contributed by atoms with E-state index in [1.807, 2.05) is 0 Å². The summed E-state index contributed by atoms with van der Waals surface area (Å²) in [5.74, 6) is -2.02. The lowest BCUT2D eigenvalue weighted by Gasteiger charge is -2.36. The van der Waals surface area contributed by atoms with Crippen LogP contribution < -0.4 is 15.6 Å². The lowest BCUT2D eigenvalue weighted by atomic mass is 9.89. The van der Waals surface area contributed by atoms with Crippen LogP contribution in [0.3, 0.4) is 0 Å². The largest absolute Gasteiger partial charge is 0.433 e. The molecule has 4 amide bonds. The maximum Gasteiger partial charge on any atom is 0.433 e. The zero-order chi connectivity index (χ0) is 33.8. The molecule has 1 saturated heterocycles. The maximum absolute atomic E-state index is 13.7. The molecule has 3 N–H and O–H groups in total. The number of aliphatic hydroxyl groups excluding tert-OH is 1. The molecule has 0 bridgehead atoms. The predicted molar refractivity (Wildman–Crippen MR) is 161 cm³/mol. The van der Waals surface area contributed by atoms with Crippen LogP contribution >= 0.6 is 11.6 Å². The van der Waals surface area contributed by atoms with Crippen molar-refractivity contribution in [2.75, 3.05) is 16.8 Å². The van der Waals surface area contributed by atoms with Gasteiger partial charge in [-0.15, -0.1) is 0 Å². The predicted octanol–water partition coefficient (Wildman–Crippen LogP) is 5.06. The highest BCUT2D eigenvalue weighted by Crippen LogP contribution is 2.39. The van der Waals surface area contributed by atoms with E-state index in [0.717, 1.165) is 34.1 Å². The summed E-state index contributed by atoms with van der Waals surface area (Å²) in [7, 11) is 0. The van der Waals surface area contributed by atoms with Crippen molar-refractivity contribution in [3.8, 4) is 0 Å². The minimum atomic E-state index is -4.58. The van der Waals surface area contributed by atoms with Gasteiger partial charge in [0.15, 0.2) is 6.10 Å². The quantitative estimate of drug-likeness (QED) is 0.155. The van der Waals surface area contributed by atoms with E-state index in [1.54, 1.807) is 0 Å². The van der Waals surface area contributed by atoms with Crippen LogP contribution in [0.2, 0.25) is 5.02 Å². The highest BCUT2D eigenvalue weighted by molar-refractivity contribution is 6.30. The van der Waals surface area contributed by atoms with Crippen molar-refractivity contribution < 1.29 is 42.0 Å². The number of furan rings is 1. The van der Waals surface area contributed by atoms with Gasteiger partial charge in [0.25, 0.3) is 11.8 Å². The number of benzene rings is 2. The molecule has 242 valence electrons. The SMILES string of the molecule is CC1(C)C(C(O)C(=O)Nc2ccc(C(F)(F)F)cc2)N(c2ccc(Cl)cc2)C(=O)N1CC(=O)NN=CC=Cc1ccc([N+](=O)[O-])o1. The number of hydrogen-bond donors (Lipinski definition) is 3. The molecule has 2 aromatic carbocycles. The van der Waals surface area contributed by atoms with Gasteiger partial charge < -0.3 is 19.7 Å². The number of allylic oxidation sites excluding steroid dienone is 1. The Hall–Kier alpha value is -5.22. The molecule has 0 aliphatic carbocycles. The molecule has 0 saturated carbocycles. The normalized spacial score (nSPS) is 17.1. The Morgan fingerprint density at radius 2 is 1.80 bits per heavy atom. The Kier molecular flexibility index (Phi) is 9.82. The number of carbonyl (C=O) groups is 3. The third-order valence-corrected chi connectivity index (χ3v) is 7.24. The fraction of sp³-hybridized carbons (Fsp3) is 0.241. The zero-order valence-corrected chi connectivity index (χ0v) is 24.8. The summed E-state index contributed by atoms with van der Waals surface area (Å²) < 4.78 is 43.8. The van der Waals surface area contributed by atoms with Crippen LogP contribution in [0.5, 0.6) is 0 Å². The standard InChI is InChI=1S/C29H26ClF3N6O7/c1-28(2)25(24(41)26(42)35-19-9-5-17(6-10-19)29(31,32)33)38(20-11-7-18(30)8-12-20)27(43)37(28)16-22(40)36-34-15-3-4-21-13-14-23(46-21)39(44)45/h3-15,24-25,41H,16H2,1-2H3,(H,35,42)(H,36,40). The molecule has 2 atom stereocenters. The first-order valence-corrected chi connectivity index (χ1v) is 13.7. The monoisotopic (exact) mass is 662 g/mol. The van der Waals surface area contributed by atoms with Crippen LogP contribution in [-0.2, 0) is 15.8 Å². The van der Waals surface area contributed by atoms with Gasteiger partial charge >= 0.3 is 18.1 Å². The van der Waals surface area contributed by atoms with Crippen LogP contribution in [0.25, 0.3) is 6.08 Å². The van der Waals surface area contributed by atoms with Gasteiger partial charge in [-0.25, -0.2) is 10.2 Å². The Morgan fingerprint density at radius 3 is 2.39 bits per heavy atom. The Morgan fingerprint density at radius 1 is 1.15 bits per heavy atom. The Labute approximate surface area is 264 Å². The molecule has 1 fully saturated rings. The molecule has 1 aliphatic heterocycles. The lowest BCUT2D eigenvalue weighted by molar-refractivity contribution is -0.402. The number of anilines is 2. The third kappa shape index (κ3) is 7.52. The van der Waals surface area contributed by atoms with Crippen molar-refractivity contribution in [1.29, 1.82) is 0 Å². The van der Waals surface area contributed by atoms with Crippen molar-refractivity contribution >= 4 is 59.0 Å². The van der Waals surface area contributed by atoms with E-state index in [1.165, 1.54) is 68.6 Å². The van der Waals surface area contributed by atoms with Gasteiger partial charge in [0.1, 0.15) is 17.2 Å². The van der Waals surface area contributed by atoms with E-state index in [4.69, 9.17) is 16.0 Å². The molecule has 4 rings (SSSR count). The molecule has 3 aromatic rings. The van der Waals surface area contributed by atoms with E-state index < -0.39 is 64.6 Å². The van der Waals surface area contributed by atoms with Crippen molar-refractivity contribution in [3.63, 3.8) is 0 Å². The second-order valence-electron chi connectivity index (χ2n) is 10.4. The third-order valence-electron chi connectivity index (χ3n) is 6.99. The second-order valence-corrected chi connectivity index (χ2v) is 10.9. The number of hydrazone groups is 1. The summed E-state index contributed by atoms with van der Waals surface area (Å²) in [6.45, 7) is 2.51. The summed E-state index contributed by atoms with van der Waals surface area (Å²) in [5.41, 5.74) is 0.166. The topological polar surface area (TPSA) is 171 Å². The number of nitrogens with one attached hydrogen (secondary N) is 2. The number of nitrogens with zero attached hydrogens (tertiary/aromatic N) is 4. The summed E-state index contributed by atoms with van der Waals surface area (Å²) in [6, 6.07) is 10.1. The number of hydrogen-bond acceptors (Lipinski definition) is 8. The van der Waals surface area contributed by atoms with Crippen LogP contribution in [0.15, 0.2) is 76.3 Å². The average Bonchev–Trinajstić information content (AvgIpc) is 3.54. The van der Waals surface area contributed by atoms with Crippen molar-refractivity contribution in [1.82, 2.24) is 10.3 Å². The summed E-state index contributed by atoms with van der Waals surface area (Å²) in [4.78, 5) is 52.0. The van der Waals surface area contributed by atoms with E-state index in [0.29, 0.717) is 5.02 Å². The van der Waals surface area contributed by atoms with Crippen LogP contribution in [-0.4, -0.2) is 63.2 Å². The first-order chi connectivity index (χ1) is 21.6. The molecular weight excluding hydrogens is 637 g/mol. The molecule has 17 heteroatoms. The fourth-order valence-electron chi connectivity index (χ4n) is 4.74. The smallest absolute Gasteiger partial charge is 0.401 e. The average molecular weight is 663 g/mol. The van der Waals surface area contributed by atoms with Gasteiger partial charge in [0.2, 0.25) is 0 Å². The molecule has 13 nitrogen and oxygen atoms in total. The molecule has 1 aromatic heterocycles. The highest BCUT2D eigenvalue weighted by atomic mass is 35.5. The van der Waals surface area contributed by atoms with Gasteiger partial charge in [-0.1, -0.05) is 11.6 Å². The first kappa shape index (κ1) is 33.7. The minimum absolute atomic E-state index is 0.0226. The van der Waals surface area contributed by atoms with Crippen LogP contribution in [0.1, 0.15) is 25.2 Å². The number of aliphatic hydroxyl groups is 1. The summed E-state index contributed by atoms with van der Waals surface area (Å²) >= 11 is 6.01. The Balaban J connectivity index is 1.51. The van der Waals surface area contributed by atoms with Gasteiger partial charge in [0.05, 0.1) is 23.2 Å². The van der Waals surface area contributed by atoms with E-state index in [9.17, 15) is 42.8 Å². The van der Waals surface area contributed by atoms with Crippen molar-refractivity contribution in [2.24, 2.45) is 5.10 Å². The number of amides is 4. The number of halogens is 4. The number of urea groups is 1. The number of rotatable bonds is 10. The Bertz CT molecular complexity index is 1670. The van der Waals surface area contributed by atoms with Crippen LogP contribution in [0.4, 0.5) is 35.2 Å². The molecule has 2 heterocycles. The number of carbonyl (C=O) groups excluding carboxylic acids is 3. The lowest BCUT2D eigenvalue weighted by Crippen LogP contribution is -2.57. The van der Waals surface area contributed by atoms with Crippen LogP contribution in [0, 0.1) is 10.1 Å². The van der Waals surface area contributed by atoms with Crippen molar-refractivity contribution in [3.05, 3.63) is 93.2 Å². The number of nitro groups is 1. The molecule has 0 spiro atoms. The van der Waals surface area contributed by atoms with Gasteiger partial charge in [0, 0.05) is 22.6 Å². The minimum Gasteiger partial charge on any atom is -0.401 e. The molecular formula is C29H26ClF3N6O7. The van der Waals surface area contributed by atoms with E-state index in [-0.39, 0.29) is 17.1 Å². The first-order valence-electron chi connectivity index (χ1n) is 13.3. The second kappa shape index (κ2) is 13.4. The van der Waals surface area contributed by atoms with Gasteiger partial charge in [-0.05, 0) is 80.6 Å². The molecule has 46 heavy (non-hydrogen) atoms. The summed E-state index contributed by atoms with van der Waals surface area (Å²) in [6.07, 6.45) is -2.62. The fourth-order valence-corrected chi connectivity index (χ4v) is 4.87.